The summed E-state index contributed by atoms with van der Waals surface area (Å²) in [7, 11) is 0. The van der Waals surface area contributed by atoms with Crippen LogP contribution in [-0.2, 0) is 13.0 Å². The van der Waals surface area contributed by atoms with E-state index in [0.29, 0.717) is 30.6 Å². The van der Waals surface area contributed by atoms with Crippen molar-refractivity contribution in [3.63, 3.8) is 0 Å². The monoisotopic (exact) mass is 321 g/mol. The van der Waals surface area contributed by atoms with E-state index < -0.39 is 0 Å². The van der Waals surface area contributed by atoms with Crippen LogP contribution in [0.2, 0.25) is 0 Å². The third-order valence-corrected chi connectivity index (χ3v) is 3.35. The third kappa shape index (κ3) is 2.33. The van der Waals surface area contributed by atoms with Crippen molar-refractivity contribution in [1.82, 2.24) is 19.7 Å². The number of aromatic nitrogens is 4. The molecule has 2 aromatic heterocycles. The minimum Gasteiger partial charge on any atom is -0.369 e. The van der Waals surface area contributed by atoms with Crippen molar-refractivity contribution in [2.45, 2.75) is 19.9 Å². The number of nitrogens with zero attached hydrogens (tertiary/aromatic N) is 4. The number of nitrogens with two attached hydrogens (primary N) is 1. The maximum atomic E-state index is 5.94. The molecule has 0 amide bonds. The maximum Gasteiger partial charge on any atom is 0.228 e. The molecule has 0 aliphatic carbocycles. The minimum absolute atomic E-state index is 0.490. The van der Waals surface area contributed by atoms with Crippen molar-refractivity contribution in [1.29, 1.82) is 0 Å². The lowest BCUT2D eigenvalue weighted by Crippen LogP contribution is -2.05. The number of hydrogen-bond acceptors (Lipinski definition) is 5. The standard InChI is InChI=1S/C12H12BrN5O/c1-7-15-11(19-17-7)4-5-18-10-3-2-8(13)6-9(10)16-12(18)14/h2-3,6H,4-5H2,1H3,(H2,14,16). The van der Waals surface area contributed by atoms with Gasteiger partial charge < -0.3 is 14.8 Å². The van der Waals surface area contributed by atoms with Gasteiger partial charge in [-0.15, -0.1) is 0 Å². The lowest BCUT2D eigenvalue weighted by molar-refractivity contribution is 0.369. The highest BCUT2D eigenvalue weighted by atomic mass is 79.9. The van der Waals surface area contributed by atoms with Crippen LogP contribution in [-0.4, -0.2) is 19.7 Å². The highest BCUT2D eigenvalue weighted by Crippen LogP contribution is 2.22. The molecule has 1 aromatic carbocycles. The Morgan fingerprint density at radius 2 is 2.21 bits per heavy atom. The van der Waals surface area contributed by atoms with Crippen molar-refractivity contribution in [2.24, 2.45) is 0 Å². The molecular formula is C12H12BrN5O. The van der Waals surface area contributed by atoms with Crippen LogP contribution in [0, 0.1) is 6.92 Å². The zero-order valence-corrected chi connectivity index (χ0v) is 11.9. The molecule has 0 saturated heterocycles. The molecule has 2 heterocycles. The van der Waals surface area contributed by atoms with Crippen LogP contribution in [0.5, 0.6) is 0 Å². The fourth-order valence-corrected chi connectivity index (χ4v) is 2.35. The van der Waals surface area contributed by atoms with E-state index in [1.165, 1.54) is 0 Å². The molecule has 0 atom stereocenters. The molecule has 0 aliphatic rings. The first-order chi connectivity index (χ1) is 9.13. The zero-order chi connectivity index (χ0) is 13.4. The maximum absolute atomic E-state index is 5.94. The first-order valence-corrected chi connectivity index (χ1v) is 6.63. The number of anilines is 1. The number of halogens is 1. The Balaban J connectivity index is 1.90. The van der Waals surface area contributed by atoms with E-state index in [1.807, 2.05) is 22.8 Å². The number of nitrogen functional groups attached to an aromatic ring is 1. The average Bonchev–Trinajstić information content (AvgIpc) is 2.89. The van der Waals surface area contributed by atoms with Gasteiger partial charge in [0.1, 0.15) is 0 Å². The second kappa shape index (κ2) is 4.65. The highest BCUT2D eigenvalue weighted by molar-refractivity contribution is 9.10. The van der Waals surface area contributed by atoms with Crippen LogP contribution in [0.25, 0.3) is 11.0 Å². The smallest absolute Gasteiger partial charge is 0.228 e. The second-order valence-corrected chi connectivity index (χ2v) is 5.16. The summed E-state index contributed by atoms with van der Waals surface area (Å²) in [5.41, 5.74) is 7.81. The van der Waals surface area contributed by atoms with E-state index in [2.05, 4.69) is 31.1 Å². The van der Waals surface area contributed by atoms with E-state index >= 15 is 0 Å². The van der Waals surface area contributed by atoms with Crippen LogP contribution in [0.15, 0.2) is 27.2 Å². The van der Waals surface area contributed by atoms with Crippen molar-refractivity contribution >= 4 is 32.9 Å². The summed E-state index contributed by atoms with van der Waals surface area (Å²) >= 11 is 3.42. The quantitative estimate of drug-likeness (QED) is 0.800. The molecular weight excluding hydrogens is 310 g/mol. The van der Waals surface area contributed by atoms with Crippen LogP contribution in [0.1, 0.15) is 11.7 Å². The molecule has 0 saturated carbocycles. The van der Waals surface area contributed by atoms with Crippen LogP contribution < -0.4 is 5.73 Å². The third-order valence-electron chi connectivity index (χ3n) is 2.86. The number of fused-ring (bicyclic) bond motifs is 1. The predicted octanol–water partition coefficient (Wildman–Crippen LogP) is 2.32. The Morgan fingerprint density at radius 1 is 1.37 bits per heavy atom. The average molecular weight is 322 g/mol. The van der Waals surface area contributed by atoms with E-state index in [1.54, 1.807) is 6.92 Å². The Bertz CT molecular complexity index is 733. The Morgan fingerprint density at radius 3 is 2.95 bits per heavy atom. The Kier molecular flexibility index (Phi) is 2.98. The number of imidazole rings is 1. The molecule has 3 rings (SSSR count). The topological polar surface area (TPSA) is 82.8 Å². The summed E-state index contributed by atoms with van der Waals surface area (Å²) in [6.45, 7) is 2.46. The summed E-state index contributed by atoms with van der Waals surface area (Å²) < 4.78 is 8.02. The van der Waals surface area contributed by atoms with Gasteiger partial charge in [0.05, 0.1) is 11.0 Å². The molecule has 0 unspecified atom stereocenters. The van der Waals surface area contributed by atoms with Crippen LogP contribution in [0.4, 0.5) is 5.95 Å². The van der Waals surface area contributed by atoms with Gasteiger partial charge in [-0.1, -0.05) is 21.1 Å². The summed E-state index contributed by atoms with van der Waals surface area (Å²) in [5.74, 6) is 1.74. The number of hydrogen-bond donors (Lipinski definition) is 1. The van der Waals surface area contributed by atoms with E-state index in [4.69, 9.17) is 10.3 Å². The predicted molar refractivity (Wildman–Crippen MR) is 74.6 cm³/mol. The molecule has 2 N–H and O–H groups in total. The summed E-state index contributed by atoms with van der Waals surface area (Å²) in [5, 5.41) is 3.76. The van der Waals surface area contributed by atoms with Crippen LogP contribution >= 0.6 is 15.9 Å². The fourth-order valence-electron chi connectivity index (χ4n) is 2.01. The highest BCUT2D eigenvalue weighted by Gasteiger charge is 2.10. The molecule has 7 heteroatoms. The van der Waals surface area contributed by atoms with Gasteiger partial charge in [0, 0.05) is 17.4 Å². The lowest BCUT2D eigenvalue weighted by atomic mass is 10.3. The number of rotatable bonds is 3. The first-order valence-electron chi connectivity index (χ1n) is 5.84. The van der Waals surface area contributed by atoms with Gasteiger partial charge in [-0.05, 0) is 25.1 Å². The van der Waals surface area contributed by atoms with Crippen molar-refractivity contribution in [3.8, 4) is 0 Å². The minimum atomic E-state index is 0.490. The summed E-state index contributed by atoms with van der Waals surface area (Å²) in [6, 6.07) is 5.90. The molecule has 0 bridgehead atoms. The molecule has 6 nitrogen and oxygen atoms in total. The lowest BCUT2D eigenvalue weighted by Gasteiger charge is -2.03. The molecule has 3 aromatic rings. The first kappa shape index (κ1) is 12.2. The second-order valence-electron chi connectivity index (χ2n) is 4.24. The van der Waals surface area contributed by atoms with Gasteiger partial charge in [0.25, 0.3) is 0 Å². The largest absolute Gasteiger partial charge is 0.369 e. The van der Waals surface area contributed by atoms with E-state index in [9.17, 15) is 0 Å². The Hall–Kier alpha value is -1.89. The van der Waals surface area contributed by atoms with Gasteiger partial charge in [-0.25, -0.2) is 4.98 Å². The van der Waals surface area contributed by atoms with Gasteiger partial charge in [-0.3, -0.25) is 0 Å². The molecule has 0 fully saturated rings. The summed E-state index contributed by atoms with van der Waals surface area (Å²) in [6.07, 6.45) is 0.632. The zero-order valence-electron chi connectivity index (χ0n) is 10.3. The summed E-state index contributed by atoms with van der Waals surface area (Å²) in [4.78, 5) is 8.51. The number of aryl methyl sites for hydroxylation is 3. The molecule has 98 valence electrons. The van der Waals surface area contributed by atoms with Crippen LogP contribution in [0.3, 0.4) is 0 Å². The van der Waals surface area contributed by atoms with Crippen molar-refractivity contribution < 1.29 is 4.52 Å². The van der Waals surface area contributed by atoms with E-state index in [0.717, 1.165) is 15.5 Å². The van der Waals surface area contributed by atoms with Gasteiger partial charge in [-0.2, -0.15) is 4.98 Å². The van der Waals surface area contributed by atoms with E-state index in [-0.39, 0.29) is 0 Å². The molecule has 19 heavy (non-hydrogen) atoms. The van der Waals surface area contributed by atoms with Crippen molar-refractivity contribution in [2.75, 3.05) is 5.73 Å². The Labute approximate surface area is 117 Å². The molecule has 0 aliphatic heterocycles. The fraction of sp³-hybridized carbons (Fsp3) is 0.250. The van der Waals surface area contributed by atoms with Gasteiger partial charge >= 0.3 is 0 Å². The molecule has 0 spiro atoms. The van der Waals surface area contributed by atoms with Gasteiger partial charge in [0.2, 0.25) is 11.8 Å². The van der Waals surface area contributed by atoms with Crippen molar-refractivity contribution in [3.05, 3.63) is 34.4 Å². The number of benzene rings is 1. The molecule has 0 radical (unpaired) electrons. The normalized spacial score (nSPS) is 11.3. The SMILES string of the molecule is Cc1noc(CCn2c(N)nc3cc(Br)ccc32)n1. The van der Waals surface area contributed by atoms with Gasteiger partial charge in [0.15, 0.2) is 5.82 Å².